The fraction of sp³-hybridized carbons (Fsp3) is 0.208. The highest BCUT2D eigenvalue weighted by Crippen LogP contribution is 2.26. The van der Waals surface area contributed by atoms with Crippen molar-refractivity contribution in [1.82, 2.24) is 5.32 Å². The molecule has 1 atom stereocenters. The predicted octanol–water partition coefficient (Wildman–Crippen LogP) is 5.65. The highest BCUT2D eigenvalue weighted by Gasteiger charge is 2.18. The average Bonchev–Trinajstić information content (AvgIpc) is 2.76. The summed E-state index contributed by atoms with van der Waals surface area (Å²) in [6.45, 7) is 0. The normalized spacial score (nSPS) is 11.6. The summed E-state index contributed by atoms with van der Waals surface area (Å²) in [6, 6.07) is 20.5. The van der Waals surface area contributed by atoms with Gasteiger partial charge in [-0.15, -0.1) is 0 Å². The lowest BCUT2D eigenvalue weighted by Crippen LogP contribution is -2.31. The van der Waals surface area contributed by atoms with Crippen molar-refractivity contribution < 1.29 is 14.3 Å². The van der Waals surface area contributed by atoms with Crippen molar-refractivity contribution in [3.05, 3.63) is 93.5 Å². The van der Waals surface area contributed by atoms with Crippen LogP contribution in [0.4, 0.5) is 0 Å². The van der Waals surface area contributed by atoms with E-state index in [0.29, 0.717) is 22.0 Å². The van der Waals surface area contributed by atoms with Crippen LogP contribution >= 0.6 is 23.2 Å². The van der Waals surface area contributed by atoms with Gasteiger partial charge in [0.05, 0.1) is 26.7 Å². The van der Waals surface area contributed by atoms with Crippen LogP contribution in [-0.2, 0) is 17.6 Å². The molecule has 0 bridgehead atoms. The zero-order valence-corrected chi connectivity index (χ0v) is 18.3. The molecule has 3 rings (SSSR count). The van der Waals surface area contributed by atoms with Crippen molar-refractivity contribution in [2.24, 2.45) is 0 Å². The van der Waals surface area contributed by atoms with Crippen LogP contribution < -0.4 is 14.8 Å². The number of benzene rings is 3. The molecule has 0 fully saturated rings. The number of ether oxygens (including phenoxy) is 2. The molecule has 0 radical (unpaired) electrons. The number of carbonyl (C=O) groups is 1. The maximum Gasteiger partial charge on any atom is 0.225 e. The monoisotopic (exact) mass is 443 g/mol. The number of hydrogen-bond acceptors (Lipinski definition) is 3. The fourth-order valence-electron chi connectivity index (χ4n) is 3.19. The molecule has 0 saturated heterocycles. The van der Waals surface area contributed by atoms with E-state index in [0.717, 1.165) is 22.6 Å². The first kappa shape index (κ1) is 22.0. The number of rotatable bonds is 8. The van der Waals surface area contributed by atoms with Crippen molar-refractivity contribution in [2.45, 2.75) is 18.9 Å². The second-order valence-corrected chi connectivity index (χ2v) is 7.64. The van der Waals surface area contributed by atoms with Gasteiger partial charge in [0, 0.05) is 10.0 Å². The summed E-state index contributed by atoms with van der Waals surface area (Å²) in [5.41, 5.74) is 2.68. The lowest BCUT2D eigenvalue weighted by atomic mass is 9.98. The summed E-state index contributed by atoms with van der Waals surface area (Å²) >= 11 is 12.5. The third-order valence-electron chi connectivity index (χ3n) is 4.85. The molecule has 0 saturated carbocycles. The molecule has 1 N–H and O–H groups in total. The molecule has 3 aromatic rings. The van der Waals surface area contributed by atoms with Crippen LogP contribution in [0.2, 0.25) is 10.0 Å². The molecule has 0 spiro atoms. The zero-order chi connectivity index (χ0) is 21.5. The molecule has 1 amide bonds. The minimum Gasteiger partial charge on any atom is -0.497 e. The Morgan fingerprint density at radius 2 is 1.40 bits per heavy atom. The summed E-state index contributed by atoms with van der Waals surface area (Å²) in [6.07, 6.45) is 0.728. The molecule has 30 heavy (non-hydrogen) atoms. The van der Waals surface area contributed by atoms with Crippen LogP contribution in [0.25, 0.3) is 0 Å². The van der Waals surface area contributed by atoms with Gasteiger partial charge < -0.3 is 14.8 Å². The summed E-state index contributed by atoms with van der Waals surface area (Å²) in [7, 11) is 3.26. The summed E-state index contributed by atoms with van der Waals surface area (Å²) in [5, 5.41) is 4.08. The Labute approximate surface area is 186 Å². The first-order valence-corrected chi connectivity index (χ1v) is 10.2. The van der Waals surface area contributed by atoms with Gasteiger partial charge in [-0.1, -0.05) is 53.5 Å². The van der Waals surface area contributed by atoms with Crippen molar-refractivity contribution in [3.63, 3.8) is 0 Å². The van der Waals surface area contributed by atoms with Gasteiger partial charge in [-0.2, -0.15) is 0 Å². The molecule has 0 aromatic heterocycles. The molecule has 0 unspecified atom stereocenters. The number of nitrogens with one attached hydrogen (secondary N) is 1. The number of carbonyl (C=O) groups excluding carboxylic acids is 1. The molecule has 0 aliphatic heterocycles. The third-order valence-corrected chi connectivity index (χ3v) is 5.56. The highest BCUT2D eigenvalue weighted by atomic mass is 35.5. The molecule has 156 valence electrons. The van der Waals surface area contributed by atoms with Gasteiger partial charge in [0.2, 0.25) is 5.91 Å². The Balaban J connectivity index is 1.81. The lowest BCUT2D eigenvalue weighted by Gasteiger charge is -2.20. The van der Waals surface area contributed by atoms with E-state index in [1.54, 1.807) is 32.4 Å². The van der Waals surface area contributed by atoms with E-state index in [-0.39, 0.29) is 18.4 Å². The van der Waals surface area contributed by atoms with Gasteiger partial charge in [0.15, 0.2) is 0 Å². The number of methoxy groups -OCH3 is 2. The summed E-state index contributed by atoms with van der Waals surface area (Å²) in [4.78, 5) is 12.8. The fourth-order valence-corrected chi connectivity index (χ4v) is 3.72. The van der Waals surface area contributed by atoms with Crippen LogP contribution in [0.15, 0.2) is 66.7 Å². The Kier molecular flexibility index (Phi) is 7.61. The first-order chi connectivity index (χ1) is 14.5. The van der Waals surface area contributed by atoms with E-state index in [1.807, 2.05) is 48.5 Å². The van der Waals surface area contributed by atoms with Crippen LogP contribution in [0, 0.1) is 0 Å². The van der Waals surface area contributed by atoms with Crippen molar-refractivity contribution in [2.75, 3.05) is 14.2 Å². The second-order valence-electron chi connectivity index (χ2n) is 6.82. The van der Waals surface area contributed by atoms with Gasteiger partial charge in [-0.05, 0) is 59.5 Å². The van der Waals surface area contributed by atoms with Crippen LogP contribution in [0.3, 0.4) is 0 Å². The minimum atomic E-state index is -0.224. The largest absolute Gasteiger partial charge is 0.497 e. The van der Waals surface area contributed by atoms with Crippen LogP contribution in [-0.4, -0.2) is 20.1 Å². The topological polar surface area (TPSA) is 47.6 Å². The third kappa shape index (κ3) is 5.68. The number of halogens is 2. The van der Waals surface area contributed by atoms with Crippen LogP contribution in [0.5, 0.6) is 11.5 Å². The smallest absolute Gasteiger partial charge is 0.225 e. The standard InChI is InChI=1S/C24H23Cl2NO3/c1-29-18-10-6-16(7-11-18)14-23(17-8-12-19(30-2)13-9-17)27-24(28)15-20-21(25)4-3-5-22(20)26/h3-13,23H,14-15H2,1-2H3,(H,27,28)/t23-/m1/s1. The minimum absolute atomic E-state index is 0.105. The van der Waals surface area contributed by atoms with Crippen molar-refractivity contribution >= 4 is 29.1 Å². The second kappa shape index (κ2) is 10.4. The molecular formula is C24H23Cl2NO3. The zero-order valence-electron chi connectivity index (χ0n) is 16.8. The van der Waals surface area contributed by atoms with Crippen LogP contribution in [0.1, 0.15) is 22.7 Å². The molecule has 0 heterocycles. The highest BCUT2D eigenvalue weighted by molar-refractivity contribution is 6.36. The van der Waals surface area contributed by atoms with Gasteiger partial charge in [-0.3, -0.25) is 4.79 Å². The summed E-state index contributed by atoms with van der Waals surface area (Å²) in [5.74, 6) is 1.40. The van der Waals surface area contributed by atoms with Crippen molar-refractivity contribution in [3.8, 4) is 11.5 Å². The quantitative estimate of drug-likeness (QED) is 0.488. The Morgan fingerprint density at radius 3 is 1.93 bits per heavy atom. The maximum atomic E-state index is 12.8. The molecular weight excluding hydrogens is 421 g/mol. The predicted molar refractivity (Wildman–Crippen MR) is 121 cm³/mol. The van der Waals surface area contributed by atoms with Gasteiger partial charge in [-0.25, -0.2) is 0 Å². The Morgan fingerprint density at radius 1 is 0.867 bits per heavy atom. The van der Waals surface area contributed by atoms with Gasteiger partial charge in [0.25, 0.3) is 0 Å². The Hall–Kier alpha value is -2.69. The average molecular weight is 444 g/mol. The summed E-state index contributed by atoms with van der Waals surface area (Å²) < 4.78 is 10.5. The van der Waals surface area contributed by atoms with E-state index in [2.05, 4.69) is 5.32 Å². The molecule has 0 aliphatic rings. The van der Waals surface area contributed by atoms with Crippen molar-refractivity contribution in [1.29, 1.82) is 0 Å². The van der Waals surface area contributed by atoms with E-state index in [1.165, 1.54) is 0 Å². The Bertz CT molecular complexity index is 968. The first-order valence-electron chi connectivity index (χ1n) is 9.49. The van der Waals surface area contributed by atoms with E-state index in [9.17, 15) is 4.79 Å². The molecule has 4 nitrogen and oxygen atoms in total. The SMILES string of the molecule is COc1ccc(C[C@@H](NC(=O)Cc2c(Cl)cccc2Cl)c2ccc(OC)cc2)cc1. The molecule has 3 aromatic carbocycles. The molecule has 0 aliphatic carbocycles. The lowest BCUT2D eigenvalue weighted by molar-refractivity contribution is -0.121. The number of hydrogen-bond donors (Lipinski definition) is 1. The van der Waals surface area contributed by atoms with E-state index >= 15 is 0 Å². The van der Waals surface area contributed by atoms with Gasteiger partial charge >= 0.3 is 0 Å². The molecule has 6 heteroatoms. The van der Waals surface area contributed by atoms with E-state index in [4.69, 9.17) is 32.7 Å². The maximum absolute atomic E-state index is 12.8. The van der Waals surface area contributed by atoms with Gasteiger partial charge in [0.1, 0.15) is 11.5 Å². The van der Waals surface area contributed by atoms with E-state index < -0.39 is 0 Å². The number of amides is 1.